The summed E-state index contributed by atoms with van der Waals surface area (Å²) in [5.74, 6) is -0.497. The van der Waals surface area contributed by atoms with Crippen molar-refractivity contribution in [3.63, 3.8) is 0 Å². The molecule has 0 aromatic carbocycles. The lowest BCUT2D eigenvalue weighted by atomic mass is 10.2. The third kappa shape index (κ3) is 3.38. The quantitative estimate of drug-likeness (QED) is 0.459. The lowest BCUT2D eigenvalue weighted by Gasteiger charge is -2.16. The fourth-order valence-corrected chi connectivity index (χ4v) is 1.43. The number of nitro groups is 1. The Morgan fingerprint density at radius 1 is 1.67 bits per heavy atom. The lowest BCUT2D eigenvalue weighted by molar-refractivity contribution is -0.385. The molecule has 18 heavy (non-hydrogen) atoms. The largest absolute Gasteiger partial charge is 0.383 e. The van der Waals surface area contributed by atoms with Gasteiger partial charge in [0.15, 0.2) is 0 Å². The number of nitrogens with zero attached hydrogens (tertiary/aromatic N) is 3. The highest BCUT2D eigenvalue weighted by Gasteiger charge is 2.23. The van der Waals surface area contributed by atoms with Gasteiger partial charge in [0.05, 0.1) is 11.5 Å². The number of likely N-dealkylation sites (N-methyl/N-ethyl adjacent to an activating group) is 1. The number of ether oxygens (including phenoxy) is 1. The molecular formula is C10H12ClN3O4. The average Bonchev–Trinajstić information content (AvgIpc) is 2.34. The van der Waals surface area contributed by atoms with Crippen LogP contribution >= 0.6 is 11.6 Å². The van der Waals surface area contributed by atoms with Gasteiger partial charge in [0.1, 0.15) is 16.9 Å². The molecular weight excluding hydrogens is 262 g/mol. The Morgan fingerprint density at radius 3 is 2.89 bits per heavy atom. The molecule has 1 heterocycles. The van der Waals surface area contributed by atoms with Crippen LogP contribution in [0.3, 0.4) is 0 Å². The summed E-state index contributed by atoms with van der Waals surface area (Å²) in [5, 5.41) is 10.8. The molecule has 1 amide bonds. The third-order valence-electron chi connectivity index (χ3n) is 2.25. The highest BCUT2D eigenvalue weighted by atomic mass is 35.5. The topological polar surface area (TPSA) is 85.6 Å². The first-order valence-corrected chi connectivity index (χ1v) is 5.39. The molecule has 98 valence electrons. The summed E-state index contributed by atoms with van der Waals surface area (Å²) in [6.07, 6.45) is 0.972. The van der Waals surface area contributed by atoms with Gasteiger partial charge < -0.3 is 9.64 Å². The third-order valence-corrected chi connectivity index (χ3v) is 2.46. The van der Waals surface area contributed by atoms with E-state index in [9.17, 15) is 14.9 Å². The number of amides is 1. The molecule has 0 atom stereocenters. The first-order valence-electron chi connectivity index (χ1n) is 5.01. The Kier molecular flexibility index (Phi) is 4.99. The van der Waals surface area contributed by atoms with Crippen molar-refractivity contribution in [2.45, 2.75) is 0 Å². The molecule has 0 saturated carbocycles. The van der Waals surface area contributed by atoms with E-state index in [1.807, 2.05) is 0 Å². The lowest BCUT2D eigenvalue weighted by Crippen LogP contribution is -2.30. The molecule has 0 aliphatic rings. The molecule has 1 rings (SSSR count). The number of methoxy groups -OCH3 is 1. The molecule has 7 nitrogen and oxygen atoms in total. The van der Waals surface area contributed by atoms with E-state index in [0.717, 1.165) is 6.20 Å². The molecule has 0 spiro atoms. The number of halogens is 1. The Hall–Kier alpha value is -1.73. The van der Waals surface area contributed by atoms with E-state index < -0.39 is 10.8 Å². The normalized spacial score (nSPS) is 10.2. The summed E-state index contributed by atoms with van der Waals surface area (Å²) in [7, 11) is 3.03. The van der Waals surface area contributed by atoms with Crippen molar-refractivity contribution in [2.24, 2.45) is 0 Å². The van der Waals surface area contributed by atoms with Crippen LogP contribution in [0.4, 0.5) is 5.69 Å². The van der Waals surface area contributed by atoms with E-state index in [0.29, 0.717) is 13.2 Å². The zero-order chi connectivity index (χ0) is 13.7. The predicted molar refractivity (Wildman–Crippen MR) is 64.7 cm³/mol. The molecule has 0 bridgehead atoms. The molecule has 1 aromatic rings. The van der Waals surface area contributed by atoms with E-state index in [1.165, 1.54) is 25.1 Å². The summed E-state index contributed by atoms with van der Waals surface area (Å²) in [5.41, 5.74) is -0.452. The number of hydrogen-bond donors (Lipinski definition) is 0. The molecule has 0 N–H and O–H groups in total. The molecule has 1 aromatic heterocycles. The Morgan fingerprint density at radius 2 is 2.33 bits per heavy atom. The van der Waals surface area contributed by atoms with Crippen LogP contribution in [0.5, 0.6) is 0 Å². The van der Waals surface area contributed by atoms with E-state index in [2.05, 4.69) is 4.98 Å². The Bertz CT molecular complexity index is 466. The van der Waals surface area contributed by atoms with Crippen LogP contribution < -0.4 is 0 Å². The van der Waals surface area contributed by atoms with Gasteiger partial charge in [-0.2, -0.15) is 0 Å². The number of rotatable bonds is 5. The molecule has 0 aliphatic carbocycles. The Balaban J connectivity index is 3.03. The summed E-state index contributed by atoms with van der Waals surface area (Å²) < 4.78 is 4.83. The van der Waals surface area contributed by atoms with Gasteiger partial charge in [-0.25, -0.2) is 4.98 Å². The standard InChI is InChI=1S/C10H12ClN3O4/c1-13(3-4-18-2)10(15)7-5-9(11)12-6-8(7)14(16)17/h5-6H,3-4H2,1-2H3. The van der Waals surface area contributed by atoms with Gasteiger partial charge >= 0.3 is 0 Å². The zero-order valence-corrected chi connectivity index (χ0v) is 10.7. The van der Waals surface area contributed by atoms with Crippen molar-refractivity contribution in [3.05, 3.63) is 33.1 Å². The summed E-state index contributed by atoms with van der Waals surface area (Å²) >= 11 is 5.65. The highest BCUT2D eigenvalue weighted by molar-refractivity contribution is 6.29. The molecule has 0 aliphatic heterocycles. The second kappa shape index (κ2) is 6.27. The van der Waals surface area contributed by atoms with E-state index in [4.69, 9.17) is 16.3 Å². The fraction of sp³-hybridized carbons (Fsp3) is 0.400. The molecule has 0 fully saturated rings. The van der Waals surface area contributed by atoms with E-state index >= 15 is 0 Å². The fourth-order valence-electron chi connectivity index (χ4n) is 1.27. The van der Waals surface area contributed by atoms with Crippen molar-refractivity contribution in [1.29, 1.82) is 0 Å². The van der Waals surface area contributed by atoms with Crippen LogP contribution in [0, 0.1) is 10.1 Å². The van der Waals surface area contributed by atoms with Crippen LogP contribution in [0.2, 0.25) is 5.15 Å². The molecule has 0 unspecified atom stereocenters. The van der Waals surface area contributed by atoms with Gasteiger partial charge in [0.25, 0.3) is 11.6 Å². The molecule has 0 saturated heterocycles. The van der Waals surface area contributed by atoms with Crippen molar-refractivity contribution in [2.75, 3.05) is 27.3 Å². The SMILES string of the molecule is COCCN(C)C(=O)c1cc(Cl)ncc1[N+](=O)[O-]. The van der Waals surface area contributed by atoms with Gasteiger partial charge in [-0.3, -0.25) is 14.9 Å². The van der Waals surface area contributed by atoms with Crippen molar-refractivity contribution >= 4 is 23.2 Å². The van der Waals surface area contributed by atoms with Crippen LogP contribution in [-0.4, -0.2) is 48.0 Å². The smallest absolute Gasteiger partial charge is 0.300 e. The van der Waals surface area contributed by atoms with Crippen molar-refractivity contribution < 1.29 is 14.5 Å². The van der Waals surface area contributed by atoms with Crippen LogP contribution in [0.25, 0.3) is 0 Å². The van der Waals surface area contributed by atoms with Gasteiger partial charge in [-0.05, 0) is 6.07 Å². The maximum absolute atomic E-state index is 12.0. The van der Waals surface area contributed by atoms with Crippen LogP contribution in [0.15, 0.2) is 12.3 Å². The zero-order valence-electron chi connectivity index (χ0n) is 9.92. The first-order chi connectivity index (χ1) is 8.47. The van der Waals surface area contributed by atoms with Crippen molar-refractivity contribution in [1.82, 2.24) is 9.88 Å². The summed E-state index contributed by atoms with van der Waals surface area (Å²) in [6.45, 7) is 0.668. The average molecular weight is 274 g/mol. The molecule has 0 radical (unpaired) electrons. The maximum atomic E-state index is 12.0. The van der Waals surface area contributed by atoms with Gasteiger partial charge in [-0.1, -0.05) is 11.6 Å². The number of carbonyl (C=O) groups excluding carboxylic acids is 1. The van der Waals surface area contributed by atoms with Crippen molar-refractivity contribution in [3.8, 4) is 0 Å². The van der Waals surface area contributed by atoms with Gasteiger partial charge in [0, 0.05) is 20.7 Å². The van der Waals surface area contributed by atoms with E-state index in [-0.39, 0.29) is 16.4 Å². The summed E-state index contributed by atoms with van der Waals surface area (Å²) in [6, 6.07) is 1.19. The highest BCUT2D eigenvalue weighted by Crippen LogP contribution is 2.21. The molecule has 8 heteroatoms. The summed E-state index contributed by atoms with van der Waals surface area (Å²) in [4.78, 5) is 27.1. The minimum Gasteiger partial charge on any atom is -0.383 e. The maximum Gasteiger partial charge on any atom is 0.300 e. The number of carbonyl (C=O) groups is 1. The predicted octanol–water partition coefficient (Wildman–Crippen LogP) is 1.36. The minimum absolute atomic E-state index is 0.0316. The monoisotopic (exact) mass is 273 g/mol. The van der Waals surface area contributed by atoms with E-state index in [1.54, 1.807) is 0 Å². The second-order valence-electron chi connectivity index (χ2n) is 3.50. The number of hydrogen-bond acceptors (Lipinski definition) is 5. The minimum atomic E-state index is -0.666. The Labute approximate surface area is 108 Å². The number of aromatic nitrogens is 1. The second-order valence-corrected chi connectivity index (χ2v) is 3.89. The van der Waals surface area contributed by atoms with Crippen LogP contribution in [-0.2, 0) is 4.74 Å². The van der Waals surface area contributed by atoms with Gasteiger partial charge in [-0.15, -0.1) is 0 Å². The number of pyridine rings is 1. The first kappa shape index (κ1) is 14.3. The van der Waals surface area contributed by atoms with Crippen LogP contribution in [0.1, 0.15) is 10.4 Å². The van der Waals surface area contributed by atoms with Gasteiger partial charge in [0.2, 0.25) is 0 Å².